The number of guanidine groups is 1. The Morgan fingerprint density at radius 1 is 1.44 bits per heavy atom. The molecule has 0 aliphatic heterocycles. The zero-order valence-corrected chi connectivity index (χ0v) is 18.7. The lowest BCUT2D eigenvalue weighted by Crippen LogP contribution is -2.45. The molecule has 0 amide bonds. The number of aryl methyl sites for hydroxylation is 1. The minimum atomic E-state index is 0. The molecular formula is C19H29IN6O. The second-order valence-corrected chi connectivity index (χ2v) is 6.86. The Balaban J connectivity index is 0.00000261. The summed E-state index contributed by atoms with van der Waals surface area (Å²) < 4.78 is 7.36. The van der Waals surface area contributed by atoms with Crippen LogP contribution in [0, 0.1) is 0 Å². The number of hydrogen-bond donors (Lipinski definition) is 2. The highest BCUT2D eigenvalue weighted by molar-refractivity contribution is 14.0. The van der Waals surface area contributed by atoms with E-state index in [1.54, 1.807) is 20.4 Å². The Kier molecular flexibility index (Phi) is 7.88. The van der Waals surface area contributed by atoms with Gasteiger partial charge in [-0.05, 0) is 38.3 Å². The predicted molar refractivity (Wildman–Crippen MR) is 118 cm³/mol. The van der Waals surface area contributed by atoms with Crippen LogP contribution in [0.3, 0.4) is 0 Å². The van der Waals surface area contributed by atoms with Gasteiger partial charge >= 0.3 is 0 Å². The van der Waals surface area contributed by atoms with Crippen LogP contribution in [0.2, 0.25) is 0 Å². The molecule has 0 aromatic carbocycles. The van der Waals surface area contributed by atoms with Gasteiger partial charge < -0.3 is 15.4 Å². The zero-order valence-electron chi connectivity index (χ0n) is 16.4. The van der Waals surface area contributed by atoms with Crippen molar-refractivity contribution in [3.63, 3.8) is 0 Å². The minimum absolute atomic E-state index is 0. The number of nitrogens with zero attached hydrogens (tertiary/aromatic N) is 4. The zero-order chi connectivity index (χ0) is 18.5. The Hall–Kier alpha value is -1.84. The average molecular weight is 484 g/mol. The van der Waals surface area contributed by atoms with E-state index >= 15 is 0 Å². The maximum atomic E-state index is 5.30. The van der Waals surface area contributed by atoms with E-state index in [0.717, 1.165) is 30.8 Å². The van der Waals surface area contributed by atoms with Gasteiger partial charge in [0, 0.05) is 50.1 Å². The number of nitrogens with one attached hydrogen (secondary N) is 2. The Bertz CT molecular complexity index is 773. The molecule has 0 bridgehead atoms. The highest BCUT2D eigenvalue weighted by atomic mass is 127. The van der Waals surface area contributed by atoms with E-state index in [9.17, 15) is 0 Å². The lowest BCUT2D eigenvalue weighted by atomic mass is 9.94. The second kappa shape index (κ2) is 9.91. The van der Waals surface area contributed by atoms with E-state index in [1.807, 2.05) is 12.1 Å². The minimum Gasteiger partial charge on any atom is -0.481 e. The molecule has 2 N–H and O–H groups in total. The molecule has 0 spiro atoms. The molecule has 2 heterocycles. The number of ether oxygens (including phenoxy) is 1. The van der Waals surface area contributed by atoms with Crippen LogP contribution in [0.25, 0.3) is 0 Å². The fourth-order valence-electron chi connectivity index (χ4n) is 3.21. The summed E-state index contributed by atoms with van der Waals surface area (Å²) in [6.45, 7) is 4.93. The standard InChI is InChI=1S/C19H28N6O.HI/c1-13(2)25-12-15-7-8-16(10-17(15)24-25)23-19(20-3)22-11-14-6-5-9-21-18(14)26-4;/h5-6,9,12-13,16H,7-8,10-11H2,1-4H3,(H2,20,22,23);1H. The van der Waals surface area contributed by atoms with Crippen LogP contribution >= 0.6 is 24.0 Å². The largest absolute Gasteiger partial charge is 0.481 e. The Labute approximate surface area is 178 Å². The van der Waals surface area contributed by atoms with Gasteiger partial charge in [0.1, 0.15) is 0 Å². The van der Waals surface area contributed by atoms with Crippen LogP contribution in [0.5, 0.6) is 5.88 Å². The number of fused-ring (bicyclic) bond motifs is 1. The van der Waals surface area contributed by atoms with Gasteiger partial charge in [-0.3, -0.25) is 9.67 Å². The van der Waals surface area contributed by atoms with E-state index in [2.05, 4.69) is 45.3 Å². The normalized spacial score (nSPS) is 16.5. The molecule has 7 nitrogen and oxygen atoms in total. The monoisotopic (exact) mass is 484 g/mol. The summed E-state index contributed by atoms with van der Waals surface area (Å²) in [5.74, 6) is 1.42. The first-order valence-electron chi connectivity index (χ1n) is 9.12. The smallest absolute Gasteiger partial charge is 0.218 e. The maximum Gasteiger partial charge on any atom is 0.218 e. The lowest BCUT2D eigenvalue weighted by molar-refractivity contribution is 0.391. The van der Waals surface area contributed by atoms with Crippen molar-refractivity contribution in [3.8, 4) is 5.88 Å². The summed E-state index contributed by atoms with van der Waals surface area (Å²) in [5.41, 5.74) is 3.58. The molecule has 1 aliphatic rings. The molecule has 3 rings (SSSR count). The summed E-state index contributed by atoms with van der Waals surface area (Å²) in [5, 5.41) is 11.6. The number of methoxy groups -OCH3 is 1. The van der Waals surface area contributed by atoms with Crippen molar-refractivity contribution in [2.24, 2.45) is 4.99 Å². The van der Waals surface area contributed by atoms with Crippen LogP contribution in [0.1, 0.15) is 43.1 Å². The van der Waals surface area contributed by atoms with Crippen LogP contribution in [-0.4, -0.2) is 40.9 Å². The summed E-state index contributed by atoms with van der Waals surface area (Å²) >= 11 is 0. The highest BCUT2D eigenvalue weighted by Gasteiger charge is 2.23. The third kappa shape index (κ3) is 5.33. The third-order valence-corrected chi connectivity index (χ3v) is 4.68. The first kappa shape index (κ1) is 21.5. The molecule has 8 heteroatoms. The van der Waals surface area contributed by atoms with Crippen molar-refractivity contribution in [1.82, 2.24) is 25.4 Å². The first-order chi connectivity index (χ1) is 12.6. The van der Waals surface area contributed by atoms with Gasteiger partial charge in [0.25, 0.3) is 0 Å². The maximum absolute atomic E-state index is 5.30. The molecule has 0 fully saturated rings. The van der Waals surface area contributed by atoms with Crippen LogP contribution in [0.15, 0.2) is 29.5 Å². The van der Waals surface area contributed by atoms with E-state index in [-0.39, 0.29) is 24.0 Å². The number of aromatic nitrogens is 3. The molecule has 1 atom stereocenters. The van der Waals surface area contributed by atoms with Crippen LogP contribution < -0.4 is 15.4 Å². The number of halogens is 1. The number of pyridine rings is 1. The fourth-order valence-corrected chi connectivity index (χ4v) is 3.21. The third-order valence-electron chi connectivity index (χ3n) is 4.68. The topological polar surface area (TPSA) is 76.4 Å². The van der Waals surface area contributed by atoms with E-state index in [0.29, 0.717) is 24.5 Å². The number of aliphatic imine (C=N–C) groups is 1. The Morgan fingerprint density at radius 2 is 2.26 bits per heavy atom. The van der Waals surface area contributed by atoms with Crippen molar-refractivity contribution in [1.29, 1.82) is 0 Å². The molecule has 2 aromatic rings. The summed E-state index contributed by atoms with van der Waals surface area (Å²) in [6, 6.07) is 4.64. The quantitative estimate of drug-likeness (QED) is 0.388. The molecule has 0 radical (unpaired) electrons. The van der Waals surface area contributed by atoms with Gasteiger partial charge in [-0.25, -0.2) is 4.98 Å². The second-order valence-electron chi connectivity index (χ2n) is 6.86. The Morgan fingerprint density at radius 3 is 2.96 bits per heavy atom. The molecule has 0 saturated carbocycles. The van der Waals surface area contributed by atoms with E-state index in [1.165, 1.54) is 11.3 Å². The van der Waals surface area contributed by atoms with Crippen LogP contribution in [0.4, 0.5) is 0 Å². The molecule has 1 aliphatic carbocycles. The number of hydrogen-bond acceptors (Lipinski definition) is 4. The molecule has 0 saturated heterocycles. The van der Waals surface area contributed by atoms with Gasteiger partial charge in [0.15, 0.2) is 5.96 Å². The van der Waals surface area contributed by atoms with Gasteiger partial charge in [0.2, 0.25) is 5.88 Å². The van der Waals surface area contributed by atoms with E-state index < -0.39 is 0 Å². The summed E-state index contributed by atoms with van der Waals surface area (Å²) in [6.07, 6.45) is 6.97. The number of rotatable bonds is 5. The van der Waals surface area contributed by atoms with Crippen molar-refractivity contribution >= 4 is 29.9 Å². The van der Waals surface area contributed by atoms with Gasteiger partial charge in [-0.15, -0.1) is 24.0 Å². The highest BCUT2D eigenvalue weighted by Crippen LogP contribution is 2.21. The summed E-state index contributed by atoms with van der Waals surface area (Å²) in [4.78, 5) is 8.57. The van der Waals surface area contributed by atoms with Gasteiger partial charge in [-0.2, -0.15) is 5.10 Å². The van der Waals surface area contributed by atoms with Crippen molar-refractivity contribution in [2.45, 2.75) is 51.7 Å². The predicted octanol–water partition coefficient (Wildman–Crippen LogP) is 2.71. The first-order valence-corrected chi connectivity index (χ1v) is 9.12. The SMILES string of the molecule is CN=C(NCc1cccnc1OC)NC1CCc2cn(C(C)C)nc2C1.I. The molecule has 27 heavy (non-hydrogen) atoms. The fraction of sp³-hybridized carbons (Fsp3) is 0.526. The molecule has 148 valence electrons. The molecule has 1 unspecified atom stereocenters. The molecular weight excluding hydrogens is 455 g/mol. The summed E-state index contributed by atoms with van der Waals surface area (Å²) in [7, 11) is 3.42. The van der Waals surface area contributed by atoms with Crippen LogP contribution in [-0.2, 0) is 19.4 Å². The van der Waals surface area contributed by atoms with Crippen molar-refractivity contribution < 1.29 is 4.74 Å². The molecule has 2 aromatic heterocycles. The lowest BCUT2D eigenvalue weighted by Gasteiger charge is -2.24. The van der Waals surface area contributed by atoms with Gasteiger partial charge in [-0.1, -0.05) is 6.07 Å². The van der Waals surface area contributed by atoms with E-state index in [4.69, 9.17) is 9.84 Å². The average Bonchev–Trinajstić information content (AvgIpc) is 3.09. The van der Waals surface area contributed by atoms with Gasteiger partial charge in [0.05, 0.1) is 12.8 Å². The van der Waals surface area contributed by atoms with Crippen molar-refractivity contribution in [2.75, 3.05) is 14.2 Å². The van der Waals surface area contributed by atoms with Crippen molar-refractivity contribution in [3.05, 3.63) is 41.3 Å².